The first kappa shape index (κ1) is 18.9. The Morgan fingerprint density at radius 1 is 1.22 bits per heavy atom. The molecule has 0 bridgehead atoms. The van der Waals surface area contributed by atoms with Crippen LogP contribution in [0.2, 0.25) is 0 Å². The van der Waals surface area contributed by atoms with Crippen LogP contribution in [0.1, 0.15) is 12.8 Å². The van der Waals surface area contributed by atoms with Crippen molar-refractivity contribution in [2.75, 3.05) is 45.7 Å². The van der Waals surface area contributed by atoms with Gasteiger partial charge in [-0.15, -0.1) is 0 Å². The van der Waals surface area contributed by atoms with Crippen LogP contribution in [0.3, 0.4) is 0 Å². The molecule has 144 valence electrons. The number of guanidine groups is 1. The van der Waals surface area contributed by atoms with Crippen molar-refractivity contribution in [3.8, 4) is 0 Å². The summed E-state index contributed by atoms with van der Waals surface area (Å²) in [6.45, 7) is 3.08. The van der Waals surface area contributed by atoms with Crippen molar-refractivity contribution in [2.45, 2.75) is 12.8 Å². The number of methoxy groups -OCH3 is 1. The number of pyridine rings is 1. The number of carbonyl (C=O) groups excluding carboxylic acids is 1. The van der Waals surface area contributed by atoms with E-state index in [1.54, 1.807) is 7.05 Å². The summed E-state index contributed by atoms with van der Waals surface area (Å²) in [7, 11) is 3.24. The monoisotopic (exact) mass is 369 g/mol. The van der Waals surface area contributed by atoms with Crippen molar-refractivity contribution in [3.63, 3.8) is 0 Å². The molecule has 1 aliphatic heterocycles. The molecule has 2 N–H and O–H groups in total. The molecule has 0 spiro atoms. The number of hydrogen-bond donors (Lipinski definition) is 2. The lowest BCUT2D eigenvalue weighted by atomic mass is 9.97. The number of piperidine rings is 1. The molecule has 0 amide bonds. The van der Waals surface area contributed by atoms with E-state index in [1.807, 2.05) is 24.3 Å². The van der Waals surface area contributed by atoms with Crippen molar-refractivity contribution in [1.29, 1.82) is 0 Å². The van der Waals surface area contributed by atoms with Gasteiger partial charge in [-0.25, -0.2) is 4.98 Å². The summed E-state index contributed by atoms with van der Waals surface area (Å²) in [6.07, 6.45) is 1.60. The predicted molar refractivity (Wildman–Crippen MR) is 108 cm³/mol. The third kappa shape index (κ3) is 4.87. The Kier molecular flexibility index (Phi) is 6.46. The first-order chi connectivity index (χ1) is 13.2. The number of nitrogens with zero attached hydrogens (tertiary/aromatic N) is 3. The molecule has 2 heterocycles. The summed E-state index contributed by atoms with van der Waals surface area (Å²) in [5, 5.41) is 7.85. The molecule has 1 aromatic carbocycles. The van der Waals surface area contributed by atoms with E-state index < -0.39 is 0 Å². The third-order valence-electron chi connectivity index (χ3n) is 4.85. The highest BCUT2D eigenvalue weighted by atomic mass is 16.5. The Morgan fingerprint density at radius 3 is 2.74 bits per heavy atom. The molecule has 3 rings (SSSR count). The molecule has 1 saturated heterocycles. The van der Waals surface area contributed by atoms with Crippen LogP contribution in [-0.4, -0.2) is 62.1 Å². The van der Waals surface area contributed by atoms with Crippen LogP contribution < -0.4 is 10.6 Å². The zero-order chi connectivity index (χ0) is 19.1. The molecule has 2 aromatic rings. The molecular weight excluding hydrogens is 342 g/mol. The summed E-state index contributed by atoms with van der Waals surface area (Å²) < 4.78 is 4.84. The number of likely N-dealkylation sites (tertiary alicyclic amines) is 1. The minimum Gasteiger partial charge on any atom is -0.469 e. The van der Waals surface area contributed by atoms with Crippen molar-refractivity contribution in [2.24, 2.45) is 10.9 Å². The number of anilines is 1. The highest BCUT2D eigenvalue weighted by Crippen LogP contribution is 2.18. The van der Waals surface area contributed by atoms with Crippen LogP contribution in [0.5, 0.6) is 0 Å². The van der Waals surface area contributed by atoms with Crippen molar-refractivity contribution >= 4 is 28.6 Å². The van der Waals surface area contributed by atoms with Gasteiger partial charge in [0.15, 0.2) is 5.96 Å². The quantitative estimate of drug-likeness (QED) is 0.364. The minimum absolute atomic E-state index is 0.00463. The van der Waals surface area contributed by atoms with Gasteiger partial charge in [-0.2, -0.15) is 0 Å². The van der Waals surface area contributed by atoms with Crippen LogP contribution in [0.25, 0.3) is 10.9 Å². The van der Waals surface area contributed by atoms with Crippen LogP contribution in [0, 0.1) is 5.92 Å². The number of ether oxygens (including phenoxy) is 1. The molecule has 0 aliphatic carbocycles. The van der Waals surface area contributed by atoms with E-state index in [2.05, 4.69) is 37.6 Å². The van der Waals surface area contributed by atoms with E-state index in [1.165, 1.54) is 7.11 Å². The van der Waals surface area contributed by atoms with E-state index in [4.69, 9.17) is 4.74 Å². The van der Waals surface area contributed by atoms with Crippen LogP contribution >= 0.6 is 0 Å². The van der Waals surface area contributed by atoms with E-state index in [9.17, 15) is 4.79 Å². The molecule has 7 heteroatoms. The number of para-hydroxylation sites is 1. The molecule has 1 fully saturated rings. The molecule has 0 unspecified atom stereocenters. The number of benzene rings is 1. The first-order valence-corrected chi connectivity index (χ1v) is 9.34. The molecule has 0 radical (unpaired) electrons. The maximum absolute atomic E-state index is 11.6. The van der Waals surface area contributed by atoms with Gasteiger partial charge in [0, 0.05) is 38.6 Å². The number of rotatable bonds is 5. The second-order valence-corrected chi connectivity index (χ2v) is 6.57. The zero-order valence-electron chi connectivity index (χ0n) is 15.9. The van der Waals surface area contributed by atoms with E-state index in [-0.39, 0.29) is 11.9 Å². The topological polar surface area (TPSA) is 78.9 Å². The van der Waals surface area contributed by atoms with Crippen LogP contribution in [0.15, 0.2) is 41.4 Å². The summed E-state index contributed by atoms with van der Waals surface area (Å²) in [4.78, 5) is 22.8. The lowest BCUT2D eigenvalue weighted by molar-refractivity contribution is -0.146. The smallest absolute Gasteiger partial charge is 0.308 e. The van der Waals surface area contributed by atoms with Gasteiger partial charge in [-0.3, -0.25) is 9.79 Å². The fourth-order valence-electron chi connectivity index (χ4n) is 3.36. The SMILES string of the molecule is CN=C(NCCNc1ccc2ccccc2n1)N1CCC(C(=O)OC)CC1. The Labute approximate surface area is 159 Å². The largest absolute Gasteiger partial charge is 0.469 e. The number of aliphatic imine (C=N–C) groups is 1. The fourth-order valence-corrected chi connectivity index (χ4v) is 3.36. The predicted octanol–water partition coefficient (Wildman–Crippen LogP) is 2.11. The van der Waals surface area contributed by atoms with E-state index in [0.29, 0.717) is 0 Å². The van der Waals surface area contributed by atoms with Gasteiger partial charge in [0.2, 0.25) is 0 Å². The number of nitrogens with one attached hydrogen (secondary N) is 2. The number of aromatic nitrogens is 1. The van der Waals surface area contributed by atoms with E-state index in [0.717, 1.165) is 61.7 Å². The summed E-state index contributed by atoms with van der Waals surface area (Å²) >= 11 is 0. The average molecular weight is 369 g/mol. The zero-order valence-corrected chi connectivity index (χ0v) is 15.9. The first-order valence-electron chi connectivity index (χ1n) is 9.34. The lowest BCUT2D eigenvalue weighted by Gasteiger charge is -2.33. The standard InChI is InChI=1S/C20H27N5O2/c1-21-20(25-13-9-16(10-14-25)19(26)27-2)23-12-11-22-18-8-7-15-5-3-4-6-17(15)24-18/h3-8,16H,9-14H2,1-2H3,(H,21,23)(H,22,24). The average Bonchev–Trinajstić information content (AvgIpc) is 2.73. The summed E-state index contributed by atoms with van der Waals surface area (Å²) in [5.41, 5.74) is 0.986. The second-order valence-electron chi connectivity index (χ2n) is 6.57. The number of esters is 1. The number of fused-ring (bicyclic) bond motifs is 1. The highest BCUT2D eigenvalue weighted by molar-refractivity contribution is 5.81. The Balaban J connectivity index is 1.44. The highest BCUT2D eigenvalue weighted by Gasteiger charge is 2.26. The Morgan fingerprint density at radius 2 is 2.00 bits per heavy atom. The fraction of sp³-hybridized carbons (Fsp3) is 0.450. The van der Waals surface area contributed by atoms with Crippen molar-refractivity contribution in [1.82, 2.24) is 15.2 Å². The maximum Gasteiger partial charge on any atom is 0.308 e. The molecule has 1 aliphatic rings. The van der Waals surface area contributed by atoms with Gasteiger partial charge in [0.25, 0.3) is 0 Å². The van der Waals surface area contributed by atoms with Gasteiger partial charge in [-0.05, 0) is 31.0 Å². The Bertz CT molecular complexity index is 800. The summed E-state index contributed by atoms with van der Waals surface area (Å²) in [6, 6.07) is 12.1. The normalized spacial score (nSPS) is 15.6. The van der Waals surface area contributed by atoms with Gasteiger partial charge in [0.05, 0.1) is 18.5 Å². The second kappa shape index (κ2) is 9.21. The third-order valence-corrected chi connectivity index (χ3v) is 4.85. The van der Waals surface area contributed by atoms with Gasteiger partial charge >= 0.3 is 5.97 Å². The van der Waals surface area contributed by atoms with Gasteiger partial charge in [-0.1, -0.05) is 18.2 Å². The molecule has 0 saturated carbocycles. The minimum atomic E-state index is -0.107. The molecule has 7 nitrogen and oxygen atoms in total. The lowest BCUT2D eigenvalue weighted by Crippen LogP contribution is -2.47. The Hall–Kier alpha value is -2.83. The molecule has 1 aromatic heterocycles. The van der Waals surface area contributed by atoms with Crippen molar-refractivity contribution < 1.29 is 9.53 Å². The maximum atomic E-state index is 11.6. The number of hydrogen-bond acceptors (Lipinski definition) is 5. The van der Waals surface area contributed by atoms with Gasteiger partial charge < -0.3 is 20.3 Å². The summed E-state index contributed by atoms with van der Waals surface area (Å²) in [5.74, 6) is 1.63. The molecular formula is C20H27N5O2. The van der Waals surface area contributed by atoms with E-state index >= 15 is 0 Å². The number of carbonyl (C=O) groups is 1. The van der Waals surface area contributed by atoms with Gasteiger partial charge in [0.1, 0.15) is 5.82 Å². The van der Waals surface area contributed by atoms with Crippen LogP contribution in [-0.2, 0) is 9.53 Å². The molecule has 27 heavy (non-hydrogen) atoms. The van der Waals surface area contributed by atoms with Crippen LogP contribution in [0.4, 0.5) is 5.82 Å². The molecule has 0 atom stereocenters. The van der Waals surface area contributed by atoms with Crippen molar-refractivity contribution in [3.05, 3.63) is 36.4 Å².